The van der Waals surface area contributed by atoms with Crippen molar-refractivity contribution in [3.63, 3.8) is 0 Å². The van der Waals surface area contributed by atoms with Gasteiger partial charge in [0.2, 0.25) is 11.6 Å². The molecule has 0 aliphatic carbocycles. The average molecular weight is 486 g/mol. The Bertz CT molecular complexity index is 1630. The molecule has 6 nitrogen and oxygen atoms in total. The average Bonchev–Trinajstić information content (AvgIpc) is 3.14. The van der Waals surface area contributed by atoms with Crippen LogP contribution >= 0.6 is 11.3 Å². The first-order chi connectivity index (χ1) is 16.9. The zero-order valence-corrected chi connectivity index (χ0v) is 19.5. The second-order valence-corrected chi connectivity index (χ2v) is 9.71. The Labute approximate surface area is 203 Å². The summed E-state index contributed by atoms with van der Waals surface area (Å²) in [4.78, 5) is 32.6. The van der Waals surface area contributed by atoms with E-state index in [-0.39, 0.29) is 17.3 Å². The van der Waals surface area contributed by atoms with Crippen molar-refractivity contribution in [2.45, 2.75) is 18.7 Å². The molecule has 3 heterocycles. The van der Waals surface area contributed by atoms with Crippen molar-refractivity contribution in [3.8, 4) is 5.75 Å². The third-order valence-corrected chi connectivity index (χ3v) is 7.35. The minimum absolute atomic E-state index is 0.251. The van der Waals surface area contributed by atoms with Crippen LogP contribution in [0.3, 0.4) is 0 Å². The number of para-hydroxylation sites is 2. The van der Waals surface area contributed by atoms with Gasteiger partial charge in [0, 0.05) is 11.3 Å². The molecule has 0 saturated carbocycles. The van der Waals surface area contributed by atoms with Gasteiger partial charge in [-0.15, -0.1) is 0 Å². The van der Waals surface area contributed by atoms with Gasteiger partial charge in [-0.25, -0.2) is 9.38 Å². The Morgan fingerprint density at radius 3 is 2.57 bits per heavy atom. The zero-order valence-electron chi connectivity index (χ0n) is 18.6. The smallest absolute Gasteiger partial charge is 0.270 e. The maximum atomic E-state index is 13.7. The Balaban J connectivity index is 1.54. The number of ether oxygens (including phenoxy) is 1. The van der Waals surface area contributed by atoms with E-state index in [0.29, 0.717) is 26.3 Å². The van der Waals surface area contributed by atoms with Gasteiger partial charge in [0.05, 0.1) is 10.6 Å². The number of hydrogen-bond acceptors (Lipinski definition) is 5. The highest BCUT2D eigenvalue weighted by atomic mass is 32.1. The fraction of sp³-hybridized carbons (Fsp3) is 0.148. The van der Waals surface area contributed by atoms with Crippen LogP contribution in [0.1, 0.15) is 24.1 Å². The van der Waals surface area contributed by atoms with Crippen molar-refractivity contribution in [3.05, 3.63) is 115 Å². The van der Waals surface area contributed by atoms with Crippen molar-refractivity contribution < 1.29 is 13.9 Å². The van der Waals surface area contributed by atoms with Crippen molar-refractivity contribution >= 4 is 29.0 Å². The lowest BCUT2D eigenvalue weighted by Crippen LogP contribution is -2.59. The quantitative estimate of drug-likeness (QED) is 0.483. The number of halogens is 1. The molecular weight excluding hydrogens is 465 g/mol. The number of amides is 1. The second-order valence-electron chi connectivity index (χ2n) is 8.70. The summed E-state index contributed by atoms with van der Waals surface area (Å²) in [5.74, 6) is -0.812. The van der Waals surface area contributed by atoms with E-state index < -0.39 is 17.7 Å². The molecule has 8 heteroatoms. The van der Waals surface area contributed by atoms with Crippen LogP contribution in [0, 0.1) is 11.7 Å². The van der Waals surface area contributed by atoms with E-state index in [2.05, 4.69) is 5.32 Å². The van der Waals surface area contributed by atoms with Crippen LogP contribution in [0.4, 0.5) is 10.1 Å². The Kier molecular flexibility index (Phi) is 4.93. The van der Waals surface area contributed by atoms with Gasteiger partial charge >= 0.3 is 0 Å². The molecule has 0 fully saturated rings. The number of aromatic nitrogens is 1. The molecule has 1 N–H and O–H groups in total. The molecule has 1 amide bonds. The van der Waals surface area contributed by atoms with E-state index in [1.54, 1.807) is 29.7 Å². The zero-order chi connectivity index (χ0) is 24.2. The maximum absolute atomic E-state index is 13.7. The number of thiazole rings is 1. The van der Waals surface area contributed by atoms with Crippen molar-refractivity contribution in [2.75, 3.05) is 5.32 Å². The lowest BCUT2D eigenvalue weighted by atomic mass is 9.80. The van der Waals surface area contributed by atoms with Crippen LogP contribution in [0.15, 0.2) is 88.6 Å². The number of carbonyl (C=O) groups excluding carboxylic acids is 1. The van der Waals surface area contributed by atoms with Crippen molar-refractivity contribution in [1.29, 1.82) is 0 Å². The number of anilines is 1. The summed E-state index contributed by atoms with van der Waals surface area (Å²) in [6, 6.07) is 21.9. The van der Waals surface area contributed by atoms with Gasteiger partial charge in [0.25, 0.3) is 5.56 Å². The highest BCUT2D eigenvalue weighted by Crippen LogP contribution is 2.47. The largest absolute Gasteiger partial charge is 0.465 e. The summed E-state index contributed by atoms with van der Waals surface area (Å²) in [6.45, 7) is 1.78. The molecule has 2 aliphatic rings. The monoisotopic (exact) mass is 485 g/mol. The SMILES string of the molecule is C[C@@]12N=c3s/c(=C\c4ccc(F)cc4)c(=O)n3[C@H](c3ccccc3O1)[C@@H]2C(=O)Nc1ccccc1. The number of nitrogens with zero attached hydrogens (tertiary/aromatic N) is 2. The van der Waals surface area contributed by atoms with Crippen LogP contribution < -0.4 is 24.9 Å². The van der Waals surface area contributed by atoms with E-state index in [9.17, 15) is 14.0 Å². The van der Waals surface area contributed by atoms with Crippen molar-refractivity contribution in [2.24, 2.45) is 10.9 Å². The summed E-state index contributed by atoms with van der Waals surface area (Å²) in [5, 5.41) is 2.96. The minimum atomic E-state index is -1.21. The molecular formula is C27H20FN3O3S. The van der Waals surface area contributed by atoms with Gasteiger partial charge < -0.3 is 10.1 Å². The van der Waals surface area contributed by atoms with Crippen LogP contribution in [-0.4, -0.2) is 16.2 Å². The summed E-state index contributed by atoms with van der Waals surface area (Å²) in [6.07, 6.45) is 1.71. The molecule has 0 spiro atoms. The molecule has 0 unspecified atom stereocenters. The van der Waals surface area contributed by atoms with E-state index >= 15 is 0 Å². The Morgan fingerprint density at radius 1 is 1.09 bits per heavy atom. The lowest BCUT2D eigenvalue weighted by molar-refractivity contribution is -0.131. The normalized spacial score (nSPS) is 22.4. The topological polar surface area (TPSA) is 72.7 Å². The summed E-state index contributed by atoms with van der Waals surface area (Å²) < 4.78 is 21.7. The number of fused-ring (bicyclic) bond motifs is 6. The van der Waals surface area contributed by atoms with Crippen LogP contribution in [0.2, 0.25) is 0 Å². The first-order valence-electron chi connectivity index (χ1n) is 11.2. The number of carbonyl (C=O) groups is 1. The predicted octanol–water partition coefficient (Wildman–Crippen LogP) is 3.46. The summed E-state index contributed by atoms with van der Waals surface area (Å²) in [5.41, 5.74) is 0.651. The van der Waals surface area contributed by atoms with Gasteiger partial charge in [-0.05, 0) is 48.9 Å². The number of rotatable bonds is 3. The van der Waals surface area contributed by atoms with E-state index in [1.165, 1.54) is 23.5 Å². The van der Waals surface area contributed by atoms with Gasteiger partial charge in [0.15, 0.2) is 4.80 Å². The van der Waals surface area contributed by atoms with Crippen LogP contribution in [0.25, 0.3) is 6.08 Å². The molecule has 3 atom stereocenters. The third-order valence-electron chi connectivity index (χ3n) is 6.37. The fourth-order valence-corrected chi connectivity index (χ4v) is 5.89. The summed E-state index contributed by atoms with van der Waals surface area (Å²) in [7, 11) is 0. The fourth-order valence-electron chi connectivity index (χ4n) is 4.80. The minimum Gasteiger partial charge on any atom is -0.465 e. The molecule has 174 valence electrons. The third kappa shape index (κ3) is 3.57. The van der Waals surface area contributed by atoms with Gasteiger partial charge in [-0.2, -0.15) is 0 Å². The highest BCUT2D eigenvalue weighted by Gasteiger charge is 2.55. The van der Waals surface area contributed by atoms with E-state index in [4.69, 9.17) is 9.73 Å². The number of benzene rings is 3. The summed E-state index contributed by atoms with van der Waals surface area (Å²) >= 11 is 1.23. The molecule has 2 bridgehead atoms. The molecule has 3 aromatic carbocycles. The van der Waals surface area contributed by atoms with Gasteiger partial charge in [-0.1, -0.05) is 59.9 Å². The molecule has 1 aromatic heterocycles. The van der Waals surface area contributed by atoms with Gasteiger partial charge in [0.1, 0.15) is 17.5 Å². The Morgan fingerprint density at radius 2 is 1.80 bits per heavy atom. The van der Waals surface area contributed by atoms with E-state index in [0.717, 1.165) is 5.56 Å². The molecule has 4 aromatic rings. The highest BCUT2D eigenvalue weighted by molar-refractivity contribution is 7.07. The Hall–Kier alpha value is -4.04. The number of nitrogens with one attached hydrogen (secondary N) is 1. The molecule has 2 aliphatic heterocycles. The molecule has 6 rings (SSSR count). The standard InChI is InChI=1S/C27H20FN3O3S/c1-27-22(24(32)29-18-7-3-2-4-8-18)23(19-9-5-6-10-20(19)34-27)31-25(33)21(35-26(31)30-27)15-16-11-13-17(28)14-12-16/h2-15,22-23H,1H3,(H,29,32)/b21-15-/t22-,23-,27-/m1/s1. The number of hydrogen-bond donors (Lipinski definition) is 1. The van der Waals surface area contributed by atoms with Crippen LogP contribution in [-0.2, 0) is 4.79 Å². The second kappa shape index (κ2) is 8.02. The van der Waals surface area contributed by atoms with E-state index in [1.807, 2.05) is 54.6 Å². The molecule has 0 saturated heterocycles. The predicted molar refractivity (Wildman–Crippen MR) is 132 cm³/mol. The van der Waals surface area contributed by atoms with Crippen LogP contribution in [0.5, 0.6) is 5.75 Å². The molecule has 0 radical (unpaired) electrons. The van der Waals surface area contributed by atoms with Crippen molar-refractivity contribution in [1.82, 2.24) is 4.57 Å². The lowest BCUT2D eigenvalue weighted by Gasteiger charge is -2.45. The maximum Gasteiger partial charge on any atom is 0.270 e. The first kappa shape index (κ1) is 21.5. The first-order valence-corrected chi connectivity index (χ1v) is 12.0. The molecule has 35 heavy (non-hydrogen) atoms. The van der Waals surface area contributed by atoms with Gasteiger partial charge in [-0.3, -0.25) is 14.2 Å².